The van der Waals surface area contributed by atoms with E-state index in [-0.39, 0.29) is 5.91 Å². The van der Waals surface area contributed by atoms with Crippen LogP contribution in [0.25, 0.3) is 0 Å². The predicted molar refractivity (Wildman–Crippen MR) is 52.0 cm³/mol. The van der Waals surface area contributed by atoms with Crippen molar-refractivity contribution >= 4 is 5.91 Å². The number of unbranched alkanes of at least 4 members (excludes halogenated alkanes) is 2. The number of amides is 1. The fourth-order valence-corrected chi connectivity index (χ4v) is 1.03. The molecule has 0 N–H and O–H groups in total. The molecule has 0 rings (SSSR count). The maximum Gasteiger partial charge on any atom is 0.222 e. The number of allylic oxidation sites excluding steroid dienone is 1. The lowest BCUT2D eigenvalue weighted by atomic mass is 10.2. The van der Waals surface area contributed by atoms with Gasteiger partial charge in [0.15, 0.2) is 0 Å². The zero-order valence-electron chi connectivity index (χ0n) is 8.18. The van der Waals surface area contributed by atoms with E-state index in [1.54, 1.807) is 4.90 Å². The van der Waals surface area contributed by atoms with Gasteiger partial charge in [-0.25, -0.2) is 0 Å². The maximum atomic E-state index is 11.1. The molecule has 0 aromatic carbocycles. The van der Waals surface area contributed by atoms with E-state index in [2.05, 4.69) is 6.58 Å². The van der Waals surface area contributed by atoms with Crippen molar-refractivity contribution in [3.8, 4) is 0 Å². The molecule has 0 saturated heterocycles. The normalized spacial score (nSPS) is 9.50. The summed E-state index contributed by atoms with van der Waals surface area (Å²) < 4.78 is 0. The van der Waals surface area contributed by atoms with Crippen LogP contribution in [0.15, 0.2) is 12.7 Å². The van der Waals surface area contributed by atoms with Crippen LogP contribution in [0.5, 0.6) is 0 Å². The summed E-state index contributed by atoms with van der Waals surface area (Å²) in [7, 11) is 1.86. The molecule has 70 valence electrons. The van der Waals surface area contributed by atoms with Crippen molar-refractivity contribution in [3.63, 3.8) is 0 Å². The van der Waals surface area contributed by atoms with Crippen LogP contribution in [-0.2, 0) is 4.79 Å². The quantitative estimate of drug-likeness (QED) is 0.441. The van der Waals surface area contributed by atoms with Gasteiger partial charge in [-0.1, -0.05) is 13.0 Å². The summed E-state index contributed by atoms with van der Waals surface area (Å²) in [5, 5.41) is 0. The van der Waals surface area contributed by atoms with Crippen LogP contribution in [0.1, 0.15) is 32.6 Å². The molecule has 0 fully saturated rings. The van der Waals surface area contributed by atoms with E-state index < -0.39 is 0 Å². The minimum absolute atomic E-state index is 0.230. The van der Waals surface area contributed by atoms with Gasteiger partial charge in [-0.2, -0.15) is 0 Å². The Labute approximate surface area is 75.3 Å². The summed E-state index contributed by atoms with van der Waals surface area (Å²) in [6.45, 7) is 6.42. The Balaban J connectivity index is 3.36. The molecule has 0 aliphatic carbocycles. The molecule has 2 nitrogen and oxygen atoms in total. The lowest BCUT2D eigenvalue weighted by Crippen LogP contribution is -2.26. The van der Waals surface area contributed by atoms with E-state index in [0.29, 0.717) is 6.42 Å². The number of nitrogens with zero attached hydrogens (tertiary/aromatic N) is 1. The van der Waals surface area contributed by atoms with E-state index in [4.69, 9.17) is 0 Å². The van der Waals surface area contributed by atoms with Crippen molar-refractivity contribution in [3.05, 3.63) is 12.7 Å². The summed E-state index contributed by atoms with van der Waals surface area (Å²) in [5.41, 5.74) is 0. The van der Waals surface area contributed by atoms with Crippen LogP contribution in [0, 0.1) is 0 Å². The molecular weight excluding hydrogens is 150 g/mol. The zero-order valence-corrected chi connectivity index (χ0v) is 8.18. The van der Waals surface area contributed by atoms with Gasteiger partial charge in [-0.05, 0) is 19.3 Å². The highest BCUT2D eigenvalue weighted by Crippen LogP contribution is 1.98. The van der Waals surface area contributed by atoms with Gasteiger partial charge in [0.25, 0.3) is 0 Å². The second-order valence-electron chi connectivity index (χ2n) is 2.95. The zero-order chi connectivity index (χ0) is 9.40. The number of hydrogen-bond acceptors (Lipinski definition) is 1. The largest absolute Gasteiger partial charge is 0.346 e. The first-order valence-corrected chi connectivity index (χ1v) is 4.57. The molecule has 0 heterocycles. The first-order valence-electron chi connectivity index (χ1n) is 4.57. The average molecular weight is 169 g/mol. The van der Waals surface area contributed by atoms with Crippen molar-refractivity contribution < 1.29 is 4.79 Å². The maximum absolute atomic E-state index is 11.1. The molecule has 0 aromatic rings. The molecular formula is C10H19NO. The van der Waals surface area contributed by atoms with E-state index >= 15 is 0 Å². The highest BCUT2D eigenvalue weighted by Gasteiger charge is 2.03. The molecule has 0 aliphatic rings. The Hall–Kier alpha value is -0.790. The smallest absolute Gasteiger partial charge is 0.222 e. The standard InChI is InChI=1S/C10H19NO/c1-4-6-7-8-9-11(3)10(12)5-2/h4H,1,5-9H2,2-3H3. The molecule has 0 saturated carbocycles. The monoisotopic (exact) mass is 169 g/mol. The van der Waals surface area contributed by atoms with E-state index in [1.165, 1.54) is 0 Å². The van der Waals surface area contributed by atoms with Gasteiger partial charge >= 0.3 is 0 Å². The van der Waals surface area contributed by atoms with Crippen LogP contribution >= 0.6 is 0 Å². The minimum atomic E-state index is 0.230. The molecule has 12 heavy (non-hydrogen) atoms. The fraction of sp³-hybridized carbons (Fsp3) is 0.700. The summed E-state index contributed by atoms with van der Waals surface area (Å²) in [6.07, 6.45) is 5.78. The van der Waals surface area contributed by atoms with Gasteiger partial charge in [0.2, 0.25) is 5.91 Å². The van der Waals surface area contributed by atoms with Crippen LogP contribution in [0.4, 0.5) is 0 Å². The average Bonchev–Trinajstić information content (AvgIpc) is 2.10. The van der Waals surface area contributed by atoms with Crippen molar-refractivity contribution in [1.82, 2.24) is 4.90 Å². The van der Waals surface area contributed by atoms with Crippen LogP contribution < -0.4 is 0 Å². The Morgan fingerprint density at radius 1 is 1.50 bits per heavy atom. The number of carbonyl (C=O) groups is 1. The van der Waals surface area contributed by atoms with Crippen molar-refractivity contribution in [1.29, 1.82) is 0 Å². The number of carbonyl (C=O) groups excluding carboxylic acids is 1. The Kier molecular flexibility index (Phi) is 6.44. The van der Waals surface area contributed by atoms with Crippen molar-refractivity contribution in [2.45, 2.75) is 32.6 Å². The summed E-state index contributed by atoms with van der Waals surface area (Å²) in [4.78, 5) is 12.9. The second kappa shape index (κ2) is 6.89. The molecule has 1 amide bonds. The van der Waals surface area contributed by atoms with Crippen molar-refractivity contribution in [2.24, 2.45) is 0 Å². The highest BCUT2D eigenvalue weighted by atomic mass is 16.2. The molecule has 0 radical (unpaired) electrons. The third-order valence-electron chi connectivity index (χ3n) is 1.88. The van der Waals surface area contributed by atoms with Crippen LogP contribution in [0.3, 0.4) is 0 Å². The van der Waals surface area contributed by atoms with E-state index in [1.807, 2.05) is 20.0 Å². The molecule has 0 aliphatic heterocycles. The molecule has 0 atom stereocenters. The lowest BCUT2D eigenvalue weighted by molar-refractivity contribution is -0.129. The predicted octanol–water partition coefficient (Wildman–Crippen LogP) is 2.21. The van der Waals surface area contributed by atoms with E-state index in [0.717, 1.165) is 25.8 Å². The third kappa shape index (κ3) is 4.94. The summed E-state index contributed by atoms with van der Waals surface area (Å²) in [5.74, 6) is 0.230. The van der Waals surface area contributed by atoms with Crippen molar-refractivity contribution in [2.75, 3.05) is 13.6 Å². The Morgan fingerprint density at radius 3 is 2.67 bits per heavy atom. The Bertz CT molecular complexity index is 143. The number of hydrogen-bond donors (Lipinski definition) is 0. The fourth-order valence-electron chi connectivity index (χ4n) is 1.03. The van der Waals surface area contributed by atoms with Gasteiger partial charge in [0.1, 0.15) is 0 Å². The topological polar surface area (TPSA) is 20.3 Å². The van der Waals surface area contributed by atoms with Crippen LogP contribution in [-0.4, -0.2) is 24.4 Å². The van der Waals surface area contributed by atoms with Gasteiger partial charge in [-0.15, -0.1) is 6.58 Å². The Morgan fingerprint density at radius 2 is 2.17 bits per heavy atom. The molecule has 0 spiro atoms. The second-order valence-corrected chi connectivity index (χ2v) is 2.95. The number of rotatable bonds is 6. The van der Waals surface area contributed by atoms with Gasteiger partial charge in [0, 0.05) is 20.0 Å². The first-order chi connectivity index (χ1) is 5.72. The minimum Gasteiger partial charge on any atom is -0.346 e. The molecule has 0 unspecified atom stereocenters. The molecule has 0 bridgehead atoms. The van der Waals surface area contributed by atoms with Crippen LogP contribution in [0.2, 0.25) is 0 Å². The molecule has 2 heteroatoms. The lowest BCUT2D eigenvalue weighted by Gasteiger charge is -2.15. The SMILES string of the molecule is C=CCCCCN(C)C(=O)CC. The summed E-state index contributed by atoms with van der Waals surface area (Å²) >= 11 is 0. The first kappa shape index (κ1) is 11.2. The van der Waals surface area contributed by atoms with Gasteiger partial charge in [0.05, 0.1) is 0 Å². The molecule has 0 aromatic heterocycles. The highest BCUT2D eigenvalue weighted by molar-refractivity contribution is 5.75. The van der Waals surface area contributed by atoms with E-state index in [9.17, 15) is 4.79 Å². The van der Waals surface area contributed by atoms with Gasteiger partial charge in [-0.3, -0.25) is 4.79 Å². The summed E-state index contributed by atoms with van der Waals surface area (Å²) in [6, 6.07) is 0. The third-order valence-corrected chi connectivity index (χ3v) is 1.88. The van der Waals surface area contributed by atoms with Gasteiger partial charge < -0.3 is 4.90 Å².